The average Bonchev–Trinajstić information content (AvgIpc) is 2.91. The molecule has 1 heterocycles. The summed E-state index contributed by atoms with van der Waals surface area (Å²) in [5.74, 6) is 0.523. The summed E-state index contributed by atoms with van der Waals surface area (Å²) in [7, 11) is 0. The van der Waals surface area contributed by atoms with E-state index < -0.39 is 0 Å². The third-order valence-corrected chi connectivity index (χ3v) is 3.36. The minimum Gasteiger partial charge on any atom is -0.446 e. The first-order chi connectivity index (χ1) is 9.10. The third kappa shape index (κ3) is 4.67. The van der Waals surface area contributed by atoms with Gasteiger partial charge in [-0.3, -0.25) is 4.79 Å². The van der Waals surface area contributed by atoms with Crippen molar-refractivity contribution in [2.75, 3.05) is 6.54 Å². The summed E-state index contributed by atoms with van der Waals surface area (Å²) < 4.78 is 5.30. The molecule has 0 saturated carbocycles. The minimum atomic E-state index is -0.258. The molecule has 0 aliphatic heterocycles. The predicted octanol–water partition coefficient (Wildman–Crippen LogP) is 2.64. The van der Waals surface area contributed by atoms with Crippen LogP contribution in [0.5, 0.6) is 0 Å². The van der Waals surface area contributed by atoms with Crippen molar-refractivity contribution >= 4 is 5.91 Å². The number of nitrogens with two attached hydrogens (primary N) is 1. The minimum absolute atomic E-state index is 0.192. The first kappa shape index (κ1) is 15.7. The van der Waals surface area contributed by atoms with Gasteiger partial charge in [-0.15, -0.1) is 0 Å². The highest BCUT2D eigenvalue weighted by molar-refractivity contribution is 5.91. The van der Waals surface area contributed by atoms with Gasteiger partial charge in [0.05, 0.1) is 6.04 Å². The molecule has 19 heavy (non-hydrogen) atoms. The molecule has 2 atom stereocenters. The zero-order valence-electron chi connectivity index (χ0n) is 12.1. The Morgan fingerprint density at radius 2 is 2.21 bits per heavy atom. The summed E-state index contributed by atoms with van der Waals surface area (Å²) in [5, 5.41) is 2.83. The predicted molar refractivity (Wildman–Crippen MR) is 74.7 cm³/mol. The fourth-order valence-electron chi connectivity index (χ4n) is 1.71. The van der Waals surface area contributed by atoms with E-state index in [1.54, 1.807) is 0 Å². The number of rotatable bonds is 8. The van der Waals surface area contributed by atoms with Gasteiger partial charge in [0, 0.05) is 6.54 Å². The van der Waals surface area contributed by atoms with Gasteiger partial charge in [-0.1, -0.05) is 40.0 Å². The maximum Gasteiger partial charge on any atom is 0.273 e. The van der Waals surface area contributed by atoms with Crippen molar-refractivity contribution in [3.05, 3.63) is 17.8 Å². The summed E-state index contributed by atoms with van der Waals surface area (Å²) in [6, 6.07) is -0.258. The van der Waals surface area contributed by atoms with Gasteiger partial charge in [-0.2, -0.15) is 0 Å². The van der Waals surface area contributed by atoms with Gasteiger partial charge in [-0.25, -0.2) is 4.98 Å². The van der Waals surface area contributed by atoms with Crippen molar-refractivity contribution < 1.29 is 9.21 Å². The van der Waals surface area contributed by atoms with E-state index in [0.29, 0.717) is 18.1 Å². The molecular weight excluding hydrogens is 242 g/mol. The van der Waals surface area contributed by atoms with Crippen LogP contribution in [0.15, 0.2) is 10.7 Å². The Kier molecular flexibility index (Phi) is 6.56. The van der Waals surface area contributed by atoms with Crippen molar-refractivity contribution in [1.29, 1.82) is 0 Å². The molecular formula is C14H25N3O2. The molecule has 0 bridgehead atoms. The molecule has 0 fully saturated rings. The van der Waals surface area contributed by atoms with Crippen molar-refractivity contribution in [2.24, 2.45) is 11.7 Å². The first-order valence-corrected chi connectivity index (χ1v) is 7.09. The van der Waals surface area contributed by atoms with Gasteiger partial charge in [-0.05, 0) is 12.3 Å². The van der Waals surface area contributed by atoms with Crippen LogP contribution < -0.4 is 11.1 Å². The quantitative estimate of drug-likeness (QED) is 0.709. The Hall–Kier alpha value is -1.36. The summed E-state index contributed by atoms with van der Waals surface area (Å²) in [4.78, 5) is 16.0. The van der Waals surface area contributed by atoms with Crippen molar-refractivity contribution in [3.8, 4) is 0 Å². The second-order valence-electron chi connectivity index (χ2n) is 4.95. The van der Waals surface area contributed by atoms with Gasteiger partial charge in [0.2, 0.25) is 5.89 Å². The van der Waals surface area contributed by atoms with Crippen LogP contribution in [0.3, 0.4) is 0 Å². The van der Waals surface area contributed by atoms with Gasteiger partial charge in [0.15, 0.2) is 5.69 Å². The molecule has 5 nitrogen and oxygen atoms in total. The van der Waals surface area contributed by atoms with Crippen molar-refractivity contribution in [3.63, 3.8) is 0 Å². The zero-order valence-corrected chi connectivity index (χ0v) is 12.1. The summed E-state index contributed by atoms with van der Waals surface area (Å²) in [5.41, 5.74) is 6.32. The Morgan fingerprint density at radius 3 is 2.84 bits per heavy atom. The van der Waals surface area contributed by atoms with E-state index in [9.17, 15) is 4.79 Å². The number of oxazole rings is 1. The number of hydrogen-bond donors (Lipinski definition) is 2. The van der Waals surface area contributed by atoms with E-state index in [2.05, 4.69) is 24.1 Å². The summed E-state index contributed by atoms with van der Waals surface area (Å²) in [6.45, 7) is 6.91. The molecule has 0 saturated heterocycles. The maximum atomic E-state index is 11.8. The van der Waals surface area contributed by atoms with Crippen LogP contribution in [0.2, 0.25) is 0 Å². The Morgan fingerprint density at radius 1 is 1.47 bits per heavy atom. The van der Waals surface area contributed by atoms with E-state index >= 15 is 0 Å². The van der Waals surface area contributed by atoms with E-state index in [-0.39, 0.29) is 17.9 Å². The van der Waals surface area contributed by atoms with Crippen LogP contribution in [0.25, 0.3) is 0 Å². The molecule has 0 aliphatic carbocycles. The number of amides is 1. The standard InChI is InChI=1S/C14H25N3O2/c1-4-6-7-8-16-13(18)11-9-19-14(17-11)12(15)10(3)5-2/h9-10,12H,4-8,15H2,1-3H3,(H,16,18). The third-order valence-electron chi connectivity index (χ3n) is 3.36. The number of unbranched alkanes of at least 4 members (excludes halogenated alkanes) is 2. The molecule has 5 heteroatoms. The van der Waals surface area contributed by atoms with E-state index in [1.165, 1.54) is 6.26 Å². The SMILES string of the molecule is CCCCCNC(=O)c1coc(C(N)C(C)CC)n1. The highest BCUT2D eigenvalue weighted by Crippen LogP contribution is 2.20. The lowest BCUT2D eigenvalue weighted by atomic mass is 10.0. The van der Waals surface area contributed by atoms with Crippen LogP contribution >= 0.6 is 0 Å². The number of carbonyl (C=O) groups is 1. The van der Waals surface area contributed by atoms with Gasteiger partial charge in [0.1, 0.15) is 6.26 Å². The van der Waals surface area contributed by atoms with Crippen molar-refractivity contribution in [1.82, 2.24) is 10.3 Å². The molecule has 0 aromatic carbocycles. The lowest BCUT2D eigenvalue weighted by molar-refractivity contribution is 0.0948. The number of carbonyl (C=O) groups excluding carboxylic acids is 1. The molecule has 3 N–H and O–H groups in total. The average molecular weight is 267 g/mol. The van der Waals surface area contributed by atoms with Gasteiger partial charge >= 0.3 is 0 Å². The smallest absolute Gasteiger partial charge is 0.273 e. The van der Waals surface area contributed by atoms with Crippen LogP contribution in [0, 0.1) is 5.92 Å². The summed E-state index contributed by atoms with van der Waals surface area (Å²) in [6.07, 6.45) is 5.56. The Balaban J connectivity index is 2.51. The molecule has 0 spiro atoms. The van der Waals surface area contributed by atoms with Gasteiger partial charge in [0.25, 0.3) is 5.91 Å². The lowest BCUT2D eigenvalue weighted by Gasteiger charge is -2.13. The number of aromatic nitrogens is 1. The Bertz CT molecular complexity index is 390. The topological polar surface area (TPSA) is 81.2 Å². The monoisotopic (exact) mass is 267 g/mol. The first-order valence-electron chi connectivity index (χ1n) is 7.09. The van der Waals surface area contributed by atoms with Crippen LogP contribution in [0.4, 0.5) is 0 Å². The molecule has 0 aliphatic rings. The zero-order chi connectivity index (χ0) is 14.3. The van der Waals surface area contributed by atoms with Crippen LogP contribution in [0.1, 0.15) is 68.9 Å². The Labute approximate surface area is 115 Å². The second-order valence-corrected chi connectivity index (χ2v) is 4.95. The highest BCUT2D eigenvalue weighted by Gasteiger charge is 2.20. The van der Waals surface area contributed by atoms with E-state index in [0.717, 1.165) is 25.7 Å². The molecule has 2 unspecified atom stereocenters. The van der Waals surface area contributed by atoms with E-state index in [1.807, 2.05) is 6.92 Å². The van der Waals surface area contributed by atoms with Gasteiger partial charge < -0.3 is 15.5 Å². The highest BCUT2D eigenvalue weighted by atomic mass is 16.3. The molecule has 108 valence electrons. The molecule has 1 aromatic heterocycles. The number of hydrogen-bond acceptors (Lipinski definition) is 4. The fraction of sp³-hybridized carbons (Fsp3) is 0.714. The maximum absolute atomic E-state index is 11.8. The normalized spacial score (nSPS) is 14.1. The largest absolute Gasteiger partial charge is 0.446 e. The molecule has 1 amide bonds. The summed E-state index contributed by atoms with van der Waals surface area (Å²) >= 11 is 0. The number of nitrogens with one attached hydrogen (secondary N) is 1. The fourth-order valence-corrected chi connectivity index (χ4v) is 1.71. The van der Waals surface area contributed by atoms with E-state index in [4.69, 9.17) is 10.2 Å². The van der Waals surface area contributed by atoms with Crippen LogP contribution in [-0.4, -0.2) is 17.4 Å². The van der Waals surface area contributed by atoms with Crippen molar-refractivity contribution in [2.45, 2.75) is 52.5 Å². The molecule has 1 rings (SSSR count). The molecule has 0 radical (unpaired) electrons. The second kappa shape index (κ2) is 7.94. The van der Waals surface area contributed by atoms with Crippen LogP contribution in [-0.2, 0) is 0 Å². The lowest BCUT2D eigenvalue weighted by Crippen LogP contribution is -2.25. The number of nitrogens with zero attached hydrogens (tertiary/aromatic N) is 1. The molecule has 1 aromatic rings.